The minimum atomic E-state index is -5.05. The number of carbonyl (C=O) groups is 7. The van der Waals surface area contributed by atoms with Crippen LogP contribution in [0.15, 0.2) is 66.4 Å². The number of rotatable bonds is 26. The van der Waals surface area contributed by atoms with Crippen molar-refractivity contribution < 1.29 is 67.0 Å². The maximum atomic E-state index is 14.4. The Labute approximate surface area is 524 Å². The molecule has 17 N–H and O–H groups in total. The summed E-state index contributed by atoms with van der Waals surface area (Å²) >= 11 is 0. The molecule has 0 aromatic heterocycles. The quantitative estimate of drug-likeness (QED) is 0.0592. The van der Waals surface area contributed by atoms with Crippen LogP contribution in [-0.4, -0.2) is 135 Å². The second-order valence-electron chi connectivity index (χ2n) is 27.4. The van der Waals surface area contributed by atoms with Gasteiger partial charge in [0.1, 0.15) is 18.3 Å². The zero-order valence-corrected chi connectivity index (χ0v) is 54.3. The number of aliphatic hydroxyl groups is 2. The van der Waals surface area contributed by atoms with E-state index >= 15 is 0 Å². The highest BCUT2D eigenvalue weighted by Gasteiger charge is 2.66. The lowest BCUT2D eigenvalue weighted by atomic mass is 9.55. The minimum Gasteiger partial charge on any atom is -0.394 e. The van der Waals surface area contributed by atoms with E-state index in [1.807, 2.05) is 87.4 Å². The third-order valence-corrected chi connectivity index (χ3v) is 22.1. The van der Waals surface area contributed by atoms with Gasteiger partial charge in [-0.2, -0.15) is 0 Å². The van der Waals surface area contributed by atoms with Crippen LogP contribution >= 0.6 is 7.82 Å². The SMILES string of the molecule is CC1=C2N=C(C=C3NC(=C(C)C4=NC(C)(C5N=C1C(C)(CCC(=O)NCC(C)OP(=O)(O)OC1C(CO)OC(C6C=Nc7cc(C)c(C)cc76)C1O)C5CC(N)=O)C(C)(CC(N)=O)C4CCC(N)=O)C(C)(CC(N)=O)C3CCC(N)=O)C(C)(C)C2CCC(N)=O. The average molecular weight is 1270 g/mol. The van der Waals surface area contributed by atoms with Gasteiger partial charge in [-0.05, 0) is 107 Å². The lowest BCUT2D eigenvalue weighted by molar-refractivity contribution is -0.124. The van der Waals surface area contributed by atoms with Gasteiger partial charge in [0.2, 0.25) is 41.4 Å². The summed E-state index contributed by atoms with van der Waals surface area (Å²) in [6.45, 7) is 19.4. The van der Waals surface area contributed by atoms with E-state index in [1.54, 1.807) is 6.21 Å². The number of primary amides is 6. The maximum Gasteiger partial charge on any atom is 0.472 e. The Hall–Kier alpha value is -6.80. The van der Waals surface area contributed by atoms with E-state index in [4.69, 9.17) is 63.2 Å². The number of phosphoric ester groups is 1. The molecule has 492 valence electrons. The molecule has 7 aliphatic heterocycles. The number of nitrogens with two attached hydrogens (primary N) is 6. The van der Waals surface area contributed by atoms with Gasteiger partial charge in [0.15, 0.2) is 0 Å². The number of benzene rings is 1. The van der Waals surface area contributed by atoms with Crippen molar-refractivity contribution in [1.29, 1.82) is 0 Å². The van der Waals surface area contributed by atoms with E-state index in [9.17, 15) is 53.2 Å². The molecule has 27 heteroatoms. The molecule has 16 atom stereocenters. The number of aryl methyl sites for hydroxylation is 2. The fraction of sp³-hybridized carbons (Fsp3) is 0.635. The Kier molecular flexibility index (Phi) is 19.7. The lowest BCUT2D eigenvalue weighted by Crippen LogP contribution is -2.56. The number of phosphoric acid groups is 1. The highest BCUT2D eigenvalue weighted by molar-refractivity contribution is 7.47. The molecule has 8 rings (SSSR count). The summed E-state index contributed by atoms with van der Waals surface area (Å²) in [5, 5.41) is 28.3. The van der Waals surface area contributed by atoms with E-state index < -0.39 is 149 Å². The number of ether oxygens (including phenoxy) is 1. The Morgan fingerprint density at radius 1 is 0.789 bits per heavy atom. The van der Waals surface area contributed by atoms with Crippen molar-refractivity contribution >= 4 is 78.2 Å². The predicted octanol–water partition coefficient (Wildman–Crippen LogP) is 3.48. The summed E-state index contributed by atoms with van der Waals surface area (Å²) in [6, 6.07) is 2.81. The van der Waals surface area contributed by atoms with Crippen molar-refractivity contribution in [3.05, 3.63) is 63.1 Å². The number of fused-ring (bicyclic) bond motifs is 7. The molecule has 90 heavy (non-hydrogen) atoms. The minimum absolute atomic E-state index is 0.00746. The summed E-state index contributed by atoms with van der Waals surface area (Å²) in [6.07, 6.45) is -3.73. The molecule has 7 heterocycles. The molecule has 0 aliphatic carbocycles. The molecule has 0 spiro atoms. The number of aliphatic hydroxyl groups excluding tert-OH is 2. The topological polar surface area (TPSA) is 455 Å². The van der Waals surface area contributed by atoms with Crippen molar-refractivity contribution in [3.63, 3.8) is 0 Å². The molecular weight excluding hydrogens is 1180 g/mol. The maximum absolute atomic E-state index is 14.4. The molecule has 26 nitrogen and oxygen atoms in total. The first-order valence-electron chi connectivity index (χ1n) is 30.8. The Bertz CT molecular complexity index is 3430. The Balaban J connectivity index is 1.19. The molecule has 0 radical (unpaired) electrons. The largest absolute Gasteiger partial charge is 0.472 e. The van der Waals surface area contributed by atoms with Gasteiger partial charge in [-0.1, -0.05) is 40.7 Å². The van der Waals surface area contributed by atoms with E-state index in [0.717, 1.165) is 16.7 Å². The van der Waals surface area contributed by atoms with Crippen molar-refractivity contribution in [3.8, 4) is 0 Å². The number of nitrogens with one attached hydrogen (secondary N) is 2. The monoisotopic (exact) mass is 1270 g/mol. The summed E-state index contributed by atoms with van der Waals surface area (Å²) < 4.78 is 30.8. The van der Waals surface area contributed by atoms with Crippen LogP contribution in [0.4, 0.5) is 5.69 Å². The van der Waals surface area contributed by atoms with Gasteiger partial charge in [-0.15, -0.1) is 0 Å². The fourth-order valence-corrected chi connectivity index (χ4v) is 16.9. The van der Waals surface area contributed by atoms with Gasteiger partial charge in [-0.3, -0.25) is 62.6 Å². The first-order valence-corrected chi connectivity index (χ1v) is 32.3. The van der Waals surface area contributed by atoms with Crippen molar-refractivity contribution in [2.45, 2.75) is 195 Å². The molecule has 2 saturated heterocycles. The molecule has 2 fully saturated rings. The number of hydrogen-bond acceptors (Lipinski definition) is 18. The summed E-state index contributed by atoms with van der Waals surface area (Å²) in [7, 11) is -5.05. The Morgan fingerprint density at radius 2 is 1.39 bits per heavy atom. The van der Waals surface area contributed by atoms with Crippen LogP contribution < -0.4 is 45.0 Å². The van der Waals surface area contributed by atoms with Gasteiger partial charge in [0, 0.05) is 137 Å². The second-order valence-corrected chi connectivity index (χ2v) is 28.7. The van der Waals surface area contributed by atoms with Crippen LogP contribution in [0.3, 0.4) is 0 Å². The smallest absolute Gasteiger partial charge is 0.394 e. The van der Waals surface area contributed by atoms with E-state index in [2.05, 4.69) is 15.6 Å². The van der Waals surface area contributed by atoms with E-state index in [0.29, 0.717) is 51.1 Å². The molecule has 1 aromatic carbocycles. The van der Waals surface area contributed by atoms with Gasteiger partial charge >= 0.3 is 7.82 Å². The van der Waals surface area contributed by atoms with E-state index in [-0.39, 0.29) is 77.2 Å². The normalized spacial score (nSPS) is 33.2. The highest BCUT2D eigenvalue weighted by atomic mass is 31.2. The number of amides is 7. The average Bonchev–Trinajstić information content (AvgIpc) is 1.53. The number of nitrogens with zero attached hydrogens (tertiary/aromatic N) is 4. The van der Waals surface area contributed by atoms with Crippen LogP contribution in [-0.2, 0) is 51.9 Å². The third-order valence-electron chi connectivity index (χ3n) is 20.9. The van der Waals surface area contributed by atoms with Gasteiger partial charge in [0.25, 0.3) is 0 Å². The van der Waals surface area contributed by atoms with Gasteiger partial charge in [-0.25, -0.2) is 4.57 Å². The number of aliphatic imine (C=N–C) groups is 4. The van der Waals surface area contributed by atoms with Crippen molar-refractivity contribution in [2.24, 2.45) is 99.7 Å². The summed E-state index contributed by atoms with van der Waals surface area (Å²) in [5.41, 5.74) is 37.7. The molecule has 0 saturated carbocycles. The summed E-state index contributed by atoms with van der Waals surface area (Å²) in [5.74, 6) is -7.71. The van der Waals surface area contributed by atoms with Crippen LogP contribution in [0.2, 0.25) is 0 Å². The van der Waals surface area contributed by atoms with Gasteiger partial charge in [0.05, 0.1) is 42.0 Å². The molecule has 16 unspecified atom stereocenters. The number of carbonyl (C=O) groups excluding carboxylic acids is 7. The first-order chi connectivity index (χ1) is 41.8. The van der Waals surface area contributed by atoms with Crippen LogP contribution in [0, 0.1) is 59.2 Å². The zero-order chi connectivity index (χ0) is 66.7. The fourth-order valence-electron chi connectivity index (χ4n) is 15.8. The predicted molar refractivity (Wildman–Crippen MR) is 336 cm³/mol. The molecular formula is C63H91N12O14P. The van der Waals surface area contributed by atoms with Crippen LogP contribution in [0.1, 0.15) is 156 Å². The Morgan fingerprint density at radius 3 is 1.98 bits per heavy atom. The van der Waals surface area contributed by atoms with Crippen LogP contribution in [0.25, 0.3) is 0 Å². The van der Waals surface area contributed by atoms with Gasteiger partial charge < -0.3 is 64.9 Å². The van der Waals surface area contributed by atoms with Crippen molar-refractivity contribution in [1.82, 2.24) is 10.6 Å². The first kappa shape index (κ1) is 69.1. The standard InChI is InChI=1S/C63H91N12O14P/c1-29-20-34-35(27-70-40(34)21-30(29)2)54-53(84)55(42(28-76)87-54)89-90(85,86)88-31(3)26-71-50(83)18-19-60(8)39(22-47(67)80)58-63(11)62(10,25-49(69)82)38(14-17-46(66)79)52(75-63)33(5)57-61(9,24-48(68)81)36(12-15-44(64)77)41(72-57)23-43-59(6,7)37(13-16-45(65)78)51(73-43)32(4)56(60)74-58/h20-21,23,27,31,35-39,42,53-55,58,72,76,84H,12-19,22,24-26,28H2,1-11H3,(H2,64,77)(H2,65,78)(H2,66,79)(H2,67,80)(H2,68,81)(H2,69,82)(H,71,83)(H,85,86). The molecule has 1 aromatic rings. The second kappa shape index (κ2) is 25.7. The zero-order valence-electron chi connectivity index (χ0n) is 53.4. The van der Waals surface area contributed by atoms with Crippen LogP contribution in [0.5, 0.6) is 0 Å². The van der Waals surface area contributed by atoms with E-state index in [1.165, 1.54) is 6.92 Å². The molecule has 7 amide bonds. The lowest BCUT2D eigenvalue weighted by Gasteiger charge is -2.48. The highest BCUT2D eigenvalue weighted by Crippen LogP contribution is 2.63. The molecule has 8 bridgehead atoms. The van der Waals surface area contributed by atoms with Crippen molar-refractivity contribution in [2.75, 3.05) is 13.2 Å². The number of hydrogen-bond donors (Lipinski definition) is 11. The third kappa shape index (κ3) is 13.0. The molecule has 7 aliphatic rings. The number of allylic oxidation sites excluding steroid dienone is 6. The summed E-state index contributed by atoms with van der Waals surface area (Å²) in [4.78, 5) is 126.